The van der Waals surface area contributed by atoms with Gasteiger partial charge < -0.3 is 14.8 Å². The number of para-hydroxylation sites is 1. The van der Waals surface area contributed by atoms with Crippen LogP contribution in [0.2, 0.25) is 0 Å². The molecule has 0 atom stereocenters. The van der Waals surface area contributed by atoms with Gasteiger partial charge in [-0.25, -0.2) is 4.98 Å². The number of amides is 1. The molecule has 150 valence electrons. The molecule has 1 N–H and O–H groups in total. The van der Waals surface area contributed by atoms with Crippen molar-refractivity contribution in [3.05, 3.63) is 78.0 Å². The largest absolute Gasteiger partial charge is 0.493 e. The molecule has 1 heterocycles. The number of carbonyl (C=O) groups is 1. The summed E-state index contributed by atoms with van der Waals surface area (Å²) in [6.45, 7) is 0. The first-order valence-corrected chi connectivity index (χ1v) is 10.3. The summed E-state index contributed by atoms with van der Waals surface area (Å²) in [5.41, 5.74) is 2.88. The Hall–Kier alpha value is -2.99. The molecule has 0 unspecified atom stereocenters. The fourth-order valence-corrected chi connectivity index (χ4v) is 3.76. The lowest BCUT2D eigenvalue weighted by Crippen LogP contribution is -2.12. The maximum atomic E-state index is 12.4. The minimum Gasteiger partial charge on any atom is -0.493 e. The SMILES string of the molecule is COc1cccc(CCC(=O)Nc2cccc(CSc3ccccn3)c2)c1OC. The zero-order chi connectivity index (χ0) is 20.5. The first kappa shape index (κ1) is 20.7. The second kappa shape index (κ2) is 10.5. The van der Waals surface area contributed by atoms with E-state index in [9.17, 15) is 4.79 Å². The van der Waals surface area contributed by atoms with Crippen LogP contribution in [0.4, 0.5) is 5.69 Å². The highest BCUT2D eigenvalue weighted by Gasteiger charge is 2.11. The average Bonchev–Trinajstić information content (AvgIpc) is 2.77. The molecule has 0 radical (unpaired) electrons. The predicted molar refractivity (Wildman–Crippen MR) is 117 cm³/mol. The normalized spacial score (nSPS) is 10.4. The van der Waals surface area contributed by atoms with Crippen LogP contribution in [0.1, 0.15) is 17.5 Å². The van der Waals surface area contributed by atoms with Gasteiger partial charge in [-0.05, 0) is 47.9 Å². The highest BCUT2D eigenvalue weighted by Crippen LogP contribution is 2.31. The first-order chi connectivity index (χ1) is 14.2. The summed E-state index contributed by atoms with van der Waals surface area (Å²) in [5.74, 6) is 2.10. The Morgan fingerprint density at radius 3 is 2.66 bits per heavy atom. The summed E-state index contributed by atoms with van der Waals surface area (Å²) >= 11 is 1.67. The second-order valence-corrected chi connectivity index (χ2v) is 7.35. The number of aryl methyl sites for hydroxylation is 1. The Bertz CT molecular complexity index is 948. The van der Waals surface area contributed by atoms with Gasteiger partial charge in [0.05, 0.1) is 19.2 Å². The molecule has 3 aromatic rings. The van der Waals surface area contributed by atoms with Crippen molar-refractivity contribution in [2.24, 2.45) is 0 Å². The van der Waals surface area contributed by atoms with E-state index in [4.69, 9.17) is 9.47 Å². The topological polar surface area (TPSA) is 60.5 Å². The lowest BCUT2D eigenvalue weighted by Gasteiger charge is -2.12. The molecule has 0 aliphatic rings. The van der Waals surface area contributed by atoms with Crippen molar-refractivity contribution in [1.82, 2.24) is 4.98 Å². The van der Waals surface area contributed by atoms with Gasteiger partial charge in [-0.15, -0.1) is 11.8 Å². The Labute approximate surface area is 175 Å². The van der Waals surface area contributed by atoms with Crippen molar-refractivity contribution in [1.29, 1.82) is 0 Å². The van der Waals surface area contributed by atoms with Gasteiger partial charge >= 0.3 is 0 Å². The monoisotopic (exact) mass is 408 g/mol. The van der Waals surface area contributed by atoms with E-state index in [0.717, 1.165) is 27.6 Å². The van der Waals surface area contributed by atoms with Gasteiger partial charge in [0, 0.05) is 24.1 Å². The van der Waals surface area contributed by atoms with Crippen molar-refractivity contribution >= 4 is 23.4 Å². The third kappa shape index (κ3) is 5.99. The van der Waals surface area contributed by atoms with E-state index >= 15 is 0 Å². The first-order valence-electron chi connectivity index (χ1n) is 9.32. The number of methoxy groups -OCH3 is 2. The number of hydrogen-bond acceptors (Lipinski definition) is 5. The van der Waals surface area contributed by atoms with Crippen LogP contribution in [0.5, 0.6) is 11.5 Å². The van der Waals surface area contributed by atoms with Gasteiger partial charge in [-0.1, -0.05) is 30.3 Å². The summed E-state index contributed by atoms with van der Waals surface area (Å²) in [5, 5.41) is 3.96. The minimum absolute atomic E-state index is 0.0376. The quantitative estimate of drug-likeness (QED) is 0.507. The Morgan fingerprint density at radius 2 is 1.90 bits per heavy atom. The van der Waals surface area contributed by atoms with E-state index in [2.05, 4.69) is 10.3 Å². The summed E-state index contributed by atoms with van der Waals surface area (Å²) in [6.07, 6.45) is 2.72. The maximum Gasteiger partial charge on any atom is 0.224 e. The lowest BCUT2D eigenvalue weighted by atomic mass is 10.1. The molecule has 2 aromatic carbocycles. The van der Waals surface area contributed by atoms with E-state index in [1.807, 2.05) is 60.7 Å². The molecule has 6 heteroatoms. The molecule has 0 saturated heterocycles. The highest BCUT2D eigenvalue weighted by molar-refractivity contribution is 7.98. The zero-order valence-corrected chi connectivity index (χ0v) is 17.4. The second-order valence-electron chi connectivity index (χ2n) is 6.36. The van der Waals surface area contributed by atoms with Crippen LogP contribution in [0.3, 0.4) is 0 Å². The predicted octanol–water partition coefficient (Wildman–Crippen LogP) is 4.96. The fraction of sp³-hybridized carbons (Fsp3) is 0.217. The number of carbonyl (C=O) groups excluding carboxylic acids is 1. The lowest BCUT2D eigenvalue weighted by molar-refractivity contribution is -0.116. The number of thioether (sulfide) groups is 1. The van der Waals surface area contributed by atoms with E-state index < -0.39 is 0 Å². The summed E-state index contributed by atoms with van der Waals surface area (Å²) in [7, 11) is 3.21. The minimum atomic E-state index is -0.0376. The number of rotatable bonds is 9. The van der Waals surface area contributed by atoms with Gasteiger partial charge in [0.25, 0.3) is 0 Å². The van der Waals surface area contributed by atoms with E-state index in [1.54, 1.807) is 32.2 Å². The maximum absolute atomic E-state index is 12.4. The van der Waals surface area contributed by atoms with Crippen molar-refractivity contribution < 1.29 is 14.3 Å². The summed E-state index contributed by atoms with van der Waals surface area (Å²) < 4.78 is 10.7. The number of aromatic nitrogens is 1. The van der Waals surface area contributed by atoms with Crippen LogP contribution in [-0.4, -0.2) is 25.1 Å². The number of nitrogens with one attached hydrogen (secondary N) is 1. The Kier molecular flexibility index (Phi) is 7.53. The van der Waals surface area contributed by atoms with Gasteiger partial charge in [-0.2, -0.15) is 0 Å². The molecule has 1 amide bonds. The zero-order valence-electron chi connectivity index (χ0n) is 16.6. The van der Waals surface area contributed by atoms with Crippen LogP contribution in [-0.2, 0) is 17.0 Å². The molecule has 1 aromatic heterocycles. The molecule has 0 spiro atoms. The molecule has 0 bridgehead atoms. The van der Waals surface area contributed by atoms with Crippen molar-refractivity contribution in [2.45, 2.75) is 23.6 Å². The van der Waals surface area contributed by atoms with Gasteiger partial charge in [0.2, 0.25) is 5.91 Å². The van der Waals surface area contributed by atoms with Crippen LogP contribution < -0.4 is 14.8 Å². The van der Waals surface area contributed by atoms with Gasteiger partial charge in [-0.3, -0.25) is 4.79 Å². The number of pyridine rings is 1. The average molecular weight is 409 g/mol. The number of anilines is 1. The molecule has 0 saturated carbocycles. The number of nitrogens with zero attached hydrogens (tertiary/aromatic N) is 1. The number of hydrogen-bond donors (Lipinski definition) is 1. The molecular formula is C23H24N2O3S. The molecule has 0 aliphatic carbocycles. The van der Waals surface area contributed by atoms with Crippen LogP contribution in [0.25, 0.3) is 0 Å². The third-order valence-electron chi connectivity index (χ3n) is 4.34. The van der Waals surface area contributed by atoms with Crippen LogP contribution in [0.15, 0.2) is 71.9 Å². The molecule has 5 nitrogen and oxygen atoms in total. The van der Waals surface area contributed by atoms with E-state index in [-0.39, 0.29) is 5.91 Å². The van der Waals surface area contributed by atoms with Crippen molar-refractivity contribution in [2.75, 3.05) is 19.5 Å². The molecule has 0 aliphatic heterocycles. The number of benzene rings is 2. The Balaban J connectivity index is 1.56. The molecule has 0 fully saturated rings. The van der Waals surface area contributed by atoms with Gasteiger partial charge in [0.15, 0.2) is 11.5 Å². The van der Waals surface area contributed by atoms with Gasteiger partial charge in [0.1, 0.15) is 0 Å². The highest BCUT2D eigenvalue weighted by atomic mass is 32.2. The third-order valence-corrected chi connectivity index (χ3v) is 5.36. The van der Waals surface area contributed by atoms with Crippen molar-refractivity contribution in [3.8, 4) is 11.5 Å². The summed E-state index contributed by atoms with van der Waals surface area (Å²) in [4.78, 5) is 16.8. The standard InChI is InChI=1S/C23H24N2O3S/c1-27-20-10-6-8-18(23(20)28-2)12-13-21(26)25-19-9-5-7-17(15-19)16-29-22-11-3-4-14-24-22/h3-11,14-15H,12-13,16H2,1-2H3,(H,25,26). The molecular weight excluding hydrogens is 384 g/mol. The van der Waals surface area contributed by atoms with Crippen molar-refractivity contribution in [3.63, 3.8) is 0 Å². The number of ether oxygens (including phenoxy) is 2. The van der Waals surface area contributed by atoms with E-state index in [0.29, 0.717) is 24.3 Å². The van der Waals surface area contributed by atoms with Crippen LogP contribution >= 0.6 is 11.8 Å². The fourth-order valence-electron chi connectivity index (χ4n) is 2.95. The summed E-state index contributed by atoms with van der Waals surface area (Å²) in [6, 6.07) is 19.5. The molecule has 3 rings (SSSR count). The van der Waals surface area contributed by atoms with E-state index in [1.165, 1.54) is 0 Å². The van der Waals surface area contributed by atoms with Crippen LogP contribution in [0, 0.1) is 0 Å². The smallest absolute Gasteiger partial charge is 0.224 e. The molecule has 29 heavy (non-hydrogen) atoms. The Morgan fingerprint density at radius 1 is 1.03 bits per heavy atom.